The summed E-state index contributed by atoms with van der Waals surface area (Å²) >= 11 is 1.05. The molecular formula is C19H17F2N3O3S. The smallest absolute Gasteiger partial charge is 0.277 e. The molecule has 0 saturated heterocycles. The summed E-state index contributed by atoms with van der Waals surface area (Å²) in [5.74, 6) is -1.53. The van der Waals surface area contributed by atoms with Gasteiger partial charge in [0.05, 0.1) is 17.4 Å². The lowest BCUT2D eigenvalue weighted by Crippen LogP contribution is -2.22. The Kier molecular flexibility index (Phi) is 6.25. The maximum Gasteiger partial charge on any atom is 0.277 e. The van der Waals surface area contributed by atoms with Crippen LogP contribution in [0.4, 0.5) is 14.5 Å². The molecule has 3 aromatic rings. The van der Waals surface area contributed by atoms with Gasteiger partial charge >= 0.3 is 0 Å². The van der Waals surface area contributed by atoms with E-state index in [4.69, 9.17) is 9.15 Å². The third-order valence-corrected chi connectivity index (χ3v) is 4.59. The molecule has 0 aliphatic heterocycles. The van der Waals surface area contributed by atoms with Crippen LogP contribution in [0.5, 0.6) is 5.75 Å². The lowest BCUT2D eigenvalue weighted by atomic mass is 10.2. The van der Waals surface area contributed by atoms with E-state index in [0.717, 1.165) is 23.9 Å². The number of amides is 1. The molecule has 0 spiro atoms. The summed E-state index contributed by atoms with van der Waals surface area (Å²) in [7, 11) is 0. The summed E-state index contributed by atoms with van der Waals surface area (Å²) in [5.41, 5.74) is 0.816. The molecule has 0 radical (unpaired) electrons. The van der Waals surface area contributed by atoms with Gasteiger partial charge in [0.2, 0.25) is 5.91 Å². The monoisotopic (exact) mass is 405 g/mol. The molecule has 0 saturated carbocycles. The normalized spacial score (nSPS) is 11.9. The second kappa shape index (κ2) is 8.83. The molecule has 1 N–H and O–H groups in total. The Morgan fingerprint density at radius 1 is 1.21 bits per heavy atom. The number of benzene rings is 2. The van der Waals surface area contributed by atoms with Gasteiger partial charge in [-0.05, 0) is 38.1 Å². The van der Waals surface area contributed by atoms with Crippen molar-refractivity contribution in [3.63, 3.8) is 0 Å². The van der Waals surface area contributed by atoms with E-state index in [-0.39, 0.29) is 16.8 Å². The minimum Gasteiger partial charge on any atom is -0.493 e. The molecule has 6 nitrogen and oxygen atoms in total. The lowest BCUT2D eigenvalue weighted by molar-refractivity contribution is -0.115. The molecular weight excluding hydrogens is 388 g/mol. The van der Waals surface area contributed by atoms with Gasteiger partial charge in [0.15, 0.2) is 11.6 Å². The third-order valence-electron chi connectivity index (χ3n) is 3.66. The molecule has 3 rings (SSSR count). The SMILES string of the molecule is CCOc1ccccc1-c1nnc(SC(C)C(=O)Nc2ccc(F)c(F)c2)o1. The van der Waals surface area contributed by atoms with E-state index in [1.54, 1.807) is 19.1 Å². The molecule has 146 valence electrons. The molecule has 1 atom stereocenters. The summed E-state index contributed by atoms with van der Waals surface area (Å²) in [6.07, 6.45) is 0. The van der Waals surface area contributed by atoms with Crippen LogP contribution >= 0.6 is 11.8 Å². The maximum absolute atomic E-state index is 13.3. The predicted octanol–water partition coefficient (Wildman–Crippen LogP) is 4.53. The minimum absolute atomic E-state index is 0.160. The summed E-state index contributed by atoms with van der Waals surface area (Å²) in [6.45, 7) is 4.00. The van der Waals surface area contributed by atoms with Crippen LogP contribution in [-0.2, 0) is 4.79 Å². The Hall–Kier alpha value is -2.94. The quantitative estimate of drug-likeness (QED) is 0.582. The first-order chi connectivity index (χ1) is 13.5. The molecule has 1 unspecified atom stereocenters. The first-order valence-electron chi connectivity index (χ1n) is 8.46. The zero-order valence-corrected chi connectivity index (χ0v) is 15.9. The minimum atomic E-state index is -1.03. The molecule has 1 aromatic heterocycles. The number of aromatic nitrogens is 2. The van der Waals surface area contributed by atoms with Crippen molar-refractivity contribution >= 4 is 23.4 Å². The van der Waals surface area contributed by atoms with Crippen LogP contribution in [-0.4, -0.2) is 28.0 Å². The zero-order chi connectivity index (χ0) is 20.1. The molecule has 1 amide bonds. The van der Waals surface area contributed by atoms with E-state index in [1.807, 2.05) is 19.1 Å². The number of halogens is 2. The number of ether oxygens (including phenoxy) is 1. The number of thioether (sulfide) groups is 1. The Labute approximate surface area is 164 Å². The van der Waals surface area contributed by atoms with E-state index >= 15 is 0 Å². The maximum atomic E-state index is 13.3. The van der Waals surface area contributed by atoms with E-state index in [9.17, 15) is 13.6 Å². The number of para-hydroxylation sites is 1. The number of carbonyl (C=O) groups excluding carboxylic acids is 1. The van der Waals surface area contributed by atoms with Crippen molar-refractivity contribution < 1.29 is 22.7 Å². The first-order valence-corrected chi connectivity index (χ1v) is 9.34. The van der Waals surface area contributed by atoms with Crippen LogP contribution < -0.4 is 10.1 Å². The number of nitrogens with zero attached hydrogens (tertiary/aromatic N) is 2. The van der Waals surface area contributed by atoms with Crippen molar-refractivity contribution in [2.24, 2.45) is 0 Å². The van der Waals surface area contributed by atoms with Crippen molar-refractivity contribution in [2.75, 3.05) is 11.9 Å². The van der Waals surface area contributed by atoms with Gasteiger partial charge in [0, 0.05) is 11.8 Å². The van der Waals surface area contributed by atoms with E-state index in [2.05, 4.69) is 15.5 Å². The van der Waals surface area contributed by atoms with Gasteiger partial charge in [-0.3, -0.25) is 4.79 Å². The van der Waals surface area contributed by atoms with E-state index in [1.165, 1.54) is 6.07 Å². The Bertz CT molecular complexity index is 981. The van der Waals surface area contributed by atoms with Crippen LogP contribution in [0.25, 0.3) is 11.5 Å². The van der Waals surface area contributed by atoms with E-state index in [0.29, 0.717) is 17.9 Å². The zero-order valence-electron chi connectivity index (χ0n) is 15.1. The number of hydrogen-bond acceptors (Lipinski definition) is 6. The molecule has 0 aliphatic carbocycles. The van der Waals surface area contributed by atoms with Crippen molar-refractivity contribution in [3.8, 4) is 17.2 Å². The van der Waals surface area contributed by atoms with Gasteiger partial charge in [-0.25, -0.2) is 8.78 Å². The lowest BCUT2D eigenvalue weighted by Gasteiger charge is -2.10. The number of hydrogen-bond donors (Lipinski definition) is 1. The molecule has 28 heavy (non-hydrogen) atoms. The first kappa shape index (κ1) is 19.8. The van der Waals surface area contributed by atoms with E-state index < -0.39 is 22.8 Å². The van der Waals surface area contributed by atoms with Crippen LogP contribution in [0, 0.1) is 11.6 Å². The Morgan fingerprint density at radius 3 is 2.75 bits per heavy atom. The van der Waals surface area contributed by atoms with Crippen LogP contribution in [0.3, 0.4) is 0 Å². The van der Waals surface area contributed by atoms with Crippen molar-refractivity contribution in [1.82, 2.24) is 10.2 Å². The van der Waals surface area contributed by atoms with Gasteiger partial charge in [-0.1, -0.05) is 23.9 Å². The Morgan fingerprint density at radius 2 is 2.00 bits per heavy atom. The number of carbonyl (C=O) groups is 1. The van der Waals surface area contributed by atoms with Crippen LogP contribution in [0.15, 0.2) is 52.1 Å². The van der Waals surface area contributed by atoms with Crippen molar-refractivity contribution in [1.29, 1.82) is 0 Å². The molecule has 0 aliphatic rings. The third kappa shape index (κ3) is 4.66. The summed E-state index contributed by atoms with van der Waals surface area (Å²) in [5, 5.41) is 10.1. The fourth-order valence-corrected chi connectivity index (χ4v) is 3.00. The van der Waals surface area contributed by atoms with Gasteiger partial charge in [-0.2, -0.15) is 0 Å². The second-order valence-electron chi connectivity index (χ2n) is 5.68. The summed E-state index contributed by atoms with van der Waals surface area (Å²) in [4.78, 5) is 12.3. The van der Waals surface area contributed by atoms with Crippen molar-refractivity contribution in [3.05, 3.63) is 54.1 Å². The number of anilines is 1. The fourth-order valence-electron chi connectivity index (χ4n) is 2.31. The number of nitrogens with one attached hydrogen (secondary N) is 1. The highest BCUT2D eigenvalue weighted by atomic mass is 32.2. The molecule has 2 aromatic carbocycles. The molecule has 0 bridgehead atoms. The average Bonchev–Trinajstić information content (AvgIpc) is 3.13. The van der Waals surface area contributed by atoms with Gasteiger partial charge in [-0.15, -0.1) is 10.2 Å². The topological polar surface area (TPSA) is 77.2 Å². The van der Waals surface area contributed by atoms with Crippen LogP contribution in [0.2, 0.25) is 0 Å². The number of rotatable bonds is 7. The standard InChI is InChI=1S/C19H17F2N3O3S/c1-3-26-16-7-5-4-6-13(16)18-23-24-19(27-18)28-11(2)17(25)22-12-8-9-14(20)15(21)10-12/h4-11H,3H2,1-2H3,(H,22,25). The fraction of sp³-hybridized carbons (Fsp3) is 0.211. The average molecular weight is 405 g/mol. The van der Waals surface area contributed by atoms with Gasteiger partial charge in [0.1, 0.15) is 5.75 Å². The molecule has 1 heterocycles. The summed E-state index contributed by atoms with van der Waals surface area (Å²) < 4.78 is 37.4. The highest BCUT2D eigenvalue weighted by Gasteiger charge is 2.20. The molecule has 9 heteroatoms. The second-order valence-corrected chi connectivity index (χ2v) is 6.97. The van der Waals surface area contributed by atoms with Crippen molar-refractivity contribution in [2.45, 2.75) is 24.3 Å². The highest BCUT2D eigenvalue weighted by molar-refractivity contribution is 8.00. The largest absolute Gasteiger partial charge is 0.493 e. The summed E-state index contributed by atoms with van der Waals surface area (Å²) in [6, 6.07) is 10.4. The van der Waals surface area contributed by atoms with Gasteiger partial charge in [0.25, 0.3) is 11.1 Å². The van der Waals surface area contributed by atoms with Crippen LogP contribution in [0.1, 0.15) is 13.8 Å². The van der Waals surface area contributed by atoms with Gasteiger partial charge < -0.3 is 14.5 Å². The highest BCUT2D eigenvalue weighted by Crippen LogP contribution is 2.32. The molecule has 0 fully saturated rings. The predicted molar refractivity (Wildman–Crippen MR) is 101 cm³/mol. The Balaban J connectivity index is 1.67.